The number of aliphatic hydroxyl groups excluding tert-OH is 1. The maximum Gasteiger partial charge on any atom is 0.410 e. The number of nitrogens with two attached hydrogens (primary N) is 1. The number of rotatable bonds is 9. The molecule has 1 saturated heterocycles. The zero-order valence-corrected chi connectivity index (χ0v) is 23.1. The number of anilines is 1. The number of amides is 1. The zero-order chi connectivity index (χ0) is 28.0. The largest absolute Gasteiger partial charge is 0.491 e. The second-order valence-electron chi connectivity index (χ2n) is 9.11. The van der Waals surface area contributed by atoms with Crippen molar-refractivity contribution in [1.29, 1.82) is 0 Å². The van der Waals surface area contributed by atoms with Gasteiger partial charge in [-0.15, -0.1) is 0 Å². The Labute approximate surface area is 227 Å². The molecule has 1 aromatic heterocycles. The number of allylic oxidation sites excluding steroid dienone is 2. The lowest BCUT2D eigenvalue weighted by Crippen LogP contribution is -2.48. The number of carbonyl (C=O) groups excluding carboxylic acids is 2. The van der Waals surface area contributed by atoms with Crippen molar-refractivity contribution in [1.82, 2.24) is 20.2 Å². The summed E-state index contributed by atoms with van der Waals surface area (Å²) in [6, 6.07) is 5.04. The molecule has 0 spiro atoms. The van der Waals surface area contributed by atoms with Crippen molar-refractivity contribution in [2.45, 2.75) is 33.3 Å². The van der Waals surface area contributed by atoms with Gasteiger partial charge in [-0.05, 0) is 52.4 Å². The number of methoxy groups -OCH3 is 1. The van der Waals surface area contributed by atoms with Crippen LogP contribution in [0.3, 0.4) is 0 Å². The number of aliphatic hydroxyl groups is 1. The maximum atomic E-state index is 12.6. The molecule has 0 radical (unpaired) electrons. The van der Waals surface area contributed by atoms with E-state index in [-0.39, 0.29) is 30.5 Å². The number of hydrogen-bond donors (Lipinski definition) is 3. The first kappa shape index (κ1) is 29.2. The van der Waals surface area contributed by atoms with Crippen molar-refractivity contribution >= 4 is 34.9 Å². The molecule has 0 aliphatic carbocycles. The number of likely N-dealkylation sites (N-methyl/N-ethyl adjacent to an activating group) is 1. The minimum Gasteiger partial charge on any atom is -0.491 e. The molecule has 4 N–H and O–H groups in total. The predicted octanol–water partition coefficient (Wildman–Crippen LogP) is 2.58. The van der Waals surface area contributed by atoms with Crippen LogP contribution in [-0.4, -0.2) is 85.0 Å². The summed E-state index contributed by atoms with van der Waals surface area (Å²) in [5.74, 6) is 1.05. The second kappa shape index (κ2) is 12.9. The first-order valence-electron chi connectivity index (χ1n) is 12.3. The number of nitrogens with one attached hydrogen (secondary N) is 1. The number of Topliss-reactive ketones (excluding diaryl/α,β-unsaturated/α-hetero) is 1. The molecule has 1 aliphatic rings. The molecule has 38 heavy (non-hydrogen) atoms. The number of aromatic nitrogens is 2. The number of benzene rings is 1. The molecule has 1 atom stereocenters. The van der Waals surface area contributed by atoms with Crippen LogP contribution in [0.15, 0.2) is 23.9 Å². The summed E-state index contributed by atoms with van der Waals surface area (Å²) in [6.45, 7) is 6.80. The highest BCUT2D eigenvalue weighted by molar-refractivity contribution is 6.33. The lowest BCUT2D eigenvalue weighted by Gasteiger charge is -2.36. The topological polar surface area (TPSA) is 143 Å². The Morgan fingerprint density at radius 3 is 2.63 bits per heavy atom. The van der Waals surface area contributed by atoms with E-state index in [9.17, 15) is 14.7 Å². The summed E-state index contributed by atoms with van der Waals surface area (Å²) in [5.41, 5.74) is 8.25. The van der Waals surface area contributed by atoms with Crippen molar-refractivity contribution in [3.8, 4) is 17.1 Å². The molecular formula is C26H35ClN6O5. The van der Waals surface area contributed by atoms with Crippen LogP contribution in [0.2, 0.25) is 5.02 Å². The van der Waals surface area contributed by atoms with Crippen molar-refractivity contribution in [3.63, 3.8) is 0 Å². The standard InChI is InChI=1S/C26H35ClN6O5/c1-15-23(22(16(2)28)17(3)34)30-24(31-25(15)32-9-6-10-33(14-32)26(36)37-5)20-11-19(7-8-21(20)27)38-13-18(35)12-29-4/h7-8,11,18,29,35H,6,9-10,12-14,28H2,1-5H3/t18-/m1/s1. The third-order valence-electron chi connectivity index (χ3n) is 6.09. The van der Waals surface area contributed by atoms with Crippen molar-refractivity contribution in [3.05, 3.63) is 40.2 Å². The van der Waals surface area contributed by atoms with Gasteiger partial charge >= 0.3 is 6.09 Å². The van der Waals surface area contributed by atoms with Gasteiger partial charge in [-0.25, -0.2) is 14.8 Å². The van der Waals surface area contributed by atoms with E-state index in [0.29, 0.717) is 65.2 Å². The molecule has 1 fully saturated rings. The Balaban J connectivity index is 2.14. The van der Waals surface area contributed by atoms with Gasteiger partial charge in [-0.2, -0.15) is 0 Å². The van der Waals surface area contributed by atoms with Crippen molar-refractivity contribution in [2.75, 3.05) is 52.0 Å². The maximum absolute atomic E-state index is 12.6. The van der Waals surface area contributed by atoms with E-state index in [4.69, 9.17) is 36.8 Å². The van der Waals surface area contributed by atoms with Gasteiger partial charge in [0.25, 0.3) is 0 Å². The fraction of sp³-hybridized carbons (Fsp3) is 0.462. The molecule has 1 aliphatic heterocycles. The lowest BCUT2D eigenvalue weighted by molar-refractivity contribution is -0.111. The van der Waals surface area contributed by atoms with E-state index in [1.54, 1.807) is 37.1 Å². The van der Waals surface area contributed by atoms with E-state index in [0.717, 1.165) is 0 Å². The molecule has 0 bridgehead atoms. The van der Waals surface area contributed by atoms with Crippen LogP contribution in [0, 0.1) is 6.92 Å². The smallest absolute Gasteiger partial charge is 0.410 e. The molecule has 1 amide bonds. The van der Waals surface area contributed by atoms with Crippen molar-refractivity contribution in [2.24, 2.45) is 5.73 Å². The fourth-order valence-electron chi connectivity index (χ4n) is 4.31. The summed E-state index contributed by atoms with van der Waals surface area (Å²) in [7, 11) is 3.09. The van der Waals surface area contributed by atoms with E-state index < -0.39 is 12.2 Å². The van der Waals surface area contributed by atoms with E-state index in [2.05, 4.69) is 5.32 Å². The molecule has 0 unspecified atom stereocenters. The lowest BCUT2D eigenvalue weighted by atomic mass is 10.0. The predicted molar refractivity (Wildman–Crippen MR) is 146 cm³/mol. The SMILES string of the molecule is CNC[C@@H](O)COc1ccc(Cl)c(-c2nc(C(C(C)=O)=C(C)N)c(C)c(N3CCCN(C(=O)OC)C3)n2)c1. The van der Waals surface area contributed by atoms with Gasteiger partial charge in [0.05, 0.1) is 30.1 Å². The van der Waals surface area contributed by atoms with Crippen LogP contribution in [0.25, 0.3) is 17.0 Å². The molecule has 12 heteroatoms. The van der Waals surface area contributed by atoms with Crippen LogP contribution in [0.4, 0.5) is 10.6 Å². The highest BCUT2D eigenvalue weighted by Gasteiger charge is 2.28. The minimum atomic E-state index is -0.694. The molecule has 11 nitrogen and oxygen atoms in total. The minimum absolute atomic E-state index is 0.0773. The normalized spacial score (nSPS) is 15.1. The van der Waals surface area contributed by atoms with Crippen LogP contribution < -0.4 is 20.7 Å². The quantitative estimate of drug-likeness (QED) is 0.401. The number of nitrogens with zero attached hydrogens (tertiary/aromatic N) is 4. The summed E-state index contributed by atoms with van der Waals surface area (Å²) >= 11 is 6.58. The average Bonchev–Trinajstić information content (AvgIpc) is 2.88. The van der Waals surface area contributed by atoms with Crippen LogP contribution in [0.1, 0.15) is 31.5 Å². The number of ether oxygens (including phenoxy) is 2. The molecular weight excluding hydrogens is 512 g/mol. The van der Waals surface area contributed by atoms with Gasteiger partial charge in [0.2, 0.25) is 0 Å². The third kappa shape index (κ3) is 6.72. The second-order valence-corrected chi connectivity index (χ2v) is 9.52. The third-order valence-corrected chi connectivity index (χ3v) is 6.42. The first-order valence-corrected chi connectivity index (χ1v) is 12.6. The first-order chi connectivity index (χ1) is 18.1. The zero-order valence-electron chi connectivity index (χ0n) is 22.4. The molecule has 3 rings (SSSR count). The van der Waals surface area contributed by atoms with E-state index in [1.807, 2.05) is 11.8 Å². The fourth-order valence-corrected chi connectivity index (χ4v) is 4.51. The molecule has 2 aromatic rings. The van der Waals surface area contributed by atoms with E-state index in [1.165, 1.54) is 14.0 Å². The summed E-state index contributed by atoms with van der Waals surface area (Å²) in [5, 5.41) is 13.3. The van der Waals surface area contributed by atoms with Gasteiger partial charge < -0.3 is 30.5 Å². The highest BCUT2D eigenvalue weighted by atomic mass is 35.5. The highest BCUT2D eigenvalue weighted by Crippen LogP contribution is 2.35. The summed E-state index contributed by atoms with van der Waals surface area (Å²) in [4.78, 5) is 37.9. The Hall–Kier alpha value is -3.41. The average molecular weight is 547 g/mol. The van der Waals surface area contributed by atoms with Gasteiger partial charge in [-0.3, -0.25) is 9.69 Å². The number of ketones is 1. The van der Waals surface area contributed by atoms with Gasteiger partial charge in [0.15, 0.2) is 11.6 Å². The van der Waals surface area contributed by atoms with Crippen LogP contribution in [0.5, 0.6) is 5.75 Å². The van der Waals surface area contributed by atoms with Gasteiger partial charge in [0.1, 0.15) is 24.3 Å². The number of hydrogen-bond acceptors (Lipinski definition) is 10. The molecule has 1 aromatic carbocycles. The Morgan fingerprint density at radius 2 is 2.00 bits per heavy atom. The summed E-state index contributed by atoms with van der Waals surface area (Å²) in [6.07, 6.45) is -0.425. The molecule has 2 heterocycles. The molecule has 206 valence electrons. The number of carbonyl (C=O) groups is 2. The van der Waals surface area contributed by atoms with Crippen LogP contribution in [-0.2, 0) is 9.53 Å². The Bertz CT molecular complexity index is 1220. The number of halogens is 1. The van der Waals surface area contributed by atoms with Gasteiger partial charge in [-0.1, -0.05) is 11.6 Å². The van der Waals surface area contributed by atoms with E-state index >= 15 is 0 Å². The monoisotopic (exact) mass is 546 g/mol. The Morgan fingerprint density at radius 1 is 1.26 bits per heavy atom. The van der Waals surface area contributed by atoms with Gasteiger partial charge in [0, 0.05) is 36.5 Å². The summed E-state index contributed by atoms with van der Waals surface area (Å²) < 4.78 is 10.7. The Kier molecular flexibility index (Phi) is 9.90. The van der Waals surface area contributed by atoms with Crippen molar-refractivity contribution < 1.29 is 24.2 Å². The molecule has 0 saturated carbocycles. The van der Waals surface area contributed by atoms with Crippen LogP contribution >= 0.6 is 11.6 Å².